The van der Waals surface area contributed by atoms with Gasteiger partial charge in [-0.2, -0.15) is 0 Å². The monoisotopic (exact) mass is 436 g/mol. The van der Waals surface area contributed by atoms with Crippen molar-refractivity contribution < 1.29 is 14.7 Å². The lowest BCUT2D eigenvalue weighted by molar-refractivity contribution is -0.144. The van der Waals surface area contributed by atoms with E-state index in [1.807, 2.05) is 51.1 Å². The molecule has 1 aromatic carbocycles. The molecular formula is C23H28N6O3. The lowest BCUT2D eigenvalue weighted by Gasteiger charge is -2.34. The van der Waals surface area contributed by atoms with Gasteiger partial charge in [0.05, 0.1) is 17.8 Å². The number of aromatic nitrogens is 4. The Balaban J connectivity index is 1.72. The average molecular weight is 437 g/mol. The number of β-amino-alcohol motifs (C(OH)–C–C–N with tert-alkyl or cyclic N) is 1. The van der Waals surface area contributed by atoms with E-state index in [0.29, 0.717) is 5.69 Å². The number of rotatable bonds is 4. The quantitative estimate of drug-likeness (QED) is 0.645. The Kier molecular flexibility index (Phi) is 5.68. The molecule has 168 valence electrons. The normalized spacial score (nSPS) is 19.8. The van der Waals surface area contributed by atoms with Gasteiger partial charge in [-0.05, 0) is 17.5 Å². The zero-order valence-corrected chi connectivity index (χ0v) is 18.7. The molecule has 2 unspecified atom stereocenters. The SMILES string of the molecule is CNC(=O)[C@H]1CC(O)CN1C(=O)C(n1cc(-c2cccc3ncccc23)nn1)C(C)(C)C. The third kappa shape index (κ3) is 3.95. The predicted octanol–water partition coefficient (Wildman–Crippen LogP) is 1.79. The van der Waals surface area contributed by atoms with Gasteiger partial charge in [0.1, 0.15) is 17.8 Å². The minimum atomic E-state index is -0.739. The molecule has 3 heterocycles. The van der Waals surface area contributed by atoms with E-state index in [9.17, 15) is 14.7 Å². The molecular weight excluding hydrogens is 408 g/mol. The molecule has 3 atom stereocenters. The molecule has 2 aromatic heterocycles. The molecule has 0 spiro atoms. The Morgan fingerprint density at radius 2 is 2.00 bits per heavy atom. The number of pyridine rings is 1. The molecule has 1 fully saturated rings. The summed E-state index contributed by atoms with van der Waals surface area (Å²) < 4.78 is 1.57. The fraction of sp³-hybridized carbons (Fsp3) is 0.435. The summed E-state index contributed by atoms with van der Waals surface area (Å²) >= 11 is 0. The maximum absolute atomic E-state index is 13.7. The first-order chi connectivity index (χ1) is 15.2. The van der Waals surface area contributed by atoms with Gasteiger partial charge in [-0.1, -0.05) is 44.2 Å². The zero-order chi connectivity index (χ0) is 23.0. The molecule has 0 radical (unpaired) electrons. The lowest BCUT2D eigenvalue weighted by atomic mass is 9.85. The van der Waals surface area contributed by atoms with Crippen molar-refractivity contribution in [3.63, 3.8) is 0 Å². The number of nitrogens with one attached hydrogen (secondary N) is 1. The summed E-state index contributed by atoms with van der Waals surface area (Å²) in [6, 6.07) is 8.23. The number of nitrogens with zero attached hydrogens (tertiary/aromatic N) is 5. The fourth-order valence-electron chi connectivity index (χ4n) is 4.36. The number of benzene rings is 1. The largest absolute Gasteiger partial charge is 0.391 e. The van der Waals surface area contributed by atoms with Crippen LogP contribution in [0.15, 0.2) is 42.7 Å². The molecule has 1 aliphatic rings. The van der Waals surface area contributed by atoms with E-state index in [0.717, 1.165) is 16.5 Å². The number of hydrogen-bond donors (Lipinski definition) is 2. The molecule has 0 saturated carbocycles. The predicted molar refractivity (Wildman–Crippen MR) is 119 cm³/mol. The van der Waals surface area contributed by atoms with Crippen LogP contribution in [-0.2, 0) is 9.59 Å². The van der Waals surface area contributed by atoms with Gasteiger partial charge in [-0.25, -0.2) is 4.68 Å². The number of hydrogen-bond acceptors (Lipinski definition) is 6. The third-order valence-corrected chi connectivity index (χ3v) is 5.86. The van der Waals surface area contributed by atoms with E-state index in [-0.39, 0.29) is 24.8 Å². The van der Waals surface area contributed by atoms with Crippen molar-refractivity contribution in [2.75, 3.05) is 13.6 Å². The molecule has 9 nitrogen and oxygen atoms in total. The maximum Gasteiger partial charge on any atom is 0.248 e. The molecule has 2 amide bonds. The second-order valence-electron chi connectivity index (χ2n) is 9.24. The first-order valence-electron chi connectivity index (χ1n) is 10.7. The standard InChI is InChI=1S/C23H28N6O3/c1-23(2,3)20(22(32)28-12-14(30)11-19(28)21(31)24-4)29-13-18(26-27-29)16-7-5-9-17-15(16)8-6-10-25-17/h5-10,13-14,19-20,30H,11-12H2,1-4H3,(H,24,31)/t14?,19-,20?/m1/s1. The summed E-state index contributed by atoms with van der Waals surface area (Å²) in [7, 11) is 1.53. The van der Waals surface area contributed by atoms with Gasteiger partial charge >= 0.3 is 0 Å². The van der Waals surface area contributed by atoms with E-state index in [2.05, 4.69) is 20.6 Å². The second kappa shape index (κ2) is 8.31. The van der Waals surface area contributed by atoms with Crippen LogP contribution in [-0.4, -0.2) is 67.5 Å². The van der Waals surface area contributed by atoms with Crippen molar-refractivity contribution in [1.82, 2.24) is 30.2 Å². The van der Waals surface area contributed by atoms with Crippen molar-refractivity contribution >= 4 is 22.7 Å². The molecule has 3 aromatic rings. The van der Waals surface area contributed by atoms with Gasteiger partial charge in [-0.3, -0.25) is 14.6 Å². The topological polar surface area (TPSA) is 113 Å². The van der Waals surface area contributed by atoms with E-state index in [1.54, 1.807) is 17.1 Å². The van der Waals surface area contributed by atoms with Crippen molar-refractivity contribution in [2.24, 2.45) is 5.41 Å². The Morgan fingerprint density at radius 3 is 2.72 bits per heavy atom. The Morgan fingerprint density at radius 1 is 1.22 bits per heavy atom. The van der Waals surface area contributed by atoms with Crippen LogP contribution in [0.5, 0.6) is 0 Å². The van der Waals surface area contributed by atoms with Crippen LogP contribution in [0.25, 0.3) is 22.2 Å². The van der Waals surface area contributed by atoms with E-state index in [1.165, 1.54) is 11.9 Å². The third-order valence-electron chi connectivity index (χ3n) is 5.86. The summed E-state index contributed by atoms with van der Waals surface area (Å²) in [6.07, 6.45) is 2.98. The van der Waals surface area contributed by atoms with Gasteiger partial charge < -0.3 is 15.3 Å². The molecule has 9 heteroatoms. The summed E-state index contributed by atoms with van der Waals surface area (Å²) in [5, 5.41) is 22.3. The molecule has 32 heavy (non-hydrogen) atoms. The van der Waals surface area contributed by atoms with Crippen molar-refractivity contribution in [2.45, 2.75) is 45.4 Å². The summed E-state index contributed by atoms with van der Waals surface area (Å²) in [6.45, 7) is 5.94. The number of likely N-dealkylation sites (tertiary alicyclic amines) is 1. The van der Waals surface area contributed by atoms with Crippen molar-refractivity contribution in [3.8, 4) is 11.3 Å². The Hall–Kier alpha value is -3.33. The molecule has 0 bridgehead atoms. The van der Waals surface area contributed by atoms with Gasteiger partial charge in [0.25, 0.3) is 0 Å². The second-order valence-corrected chi connectivity index (χ2v) is 9.24. The molecule has 4 rings (SSSR count). The summed E-state index contributed by atoms with van der Waals surface area (Å²) in [5.41, 5.74) is 1.85. The van der Waals surface area contributed by atoms with Crippen LogP contribution in [0.2, 0.25) is 0 Å². The number of carbonyl (C=O) groups is 2. The Bertz CT molecular complexity index is 1150. The Labute approximate surface area is 186 Å². The van der Waals surface area contributed by atoms with Crippen LogP contribution in [0.1, 0.15) is 33.2 Å². The molecule has 0 aliphatic carbocycles. The number of amides is 2. The highest BCUT2D eigenvalue weighted by Crippen LogP contribution is 2.35. The van der Waals surface area contributed by atoms with Gasteiger partial charge in [-0.15, -0.1) is 5.10 Å². The van der Waals surface area contributed by atoms with Gasteiger partial charge in [0, 0.05) is 37.2 Å². The molecule has 1 saturated heterocycles. The number of aliphatic hydroxyl groups is 1. The minimum absolute atomic E-state index is 0.111. The minimum Gasteiger partial charge on any atom is -0.391 e. The molecule has 1 aliphatic heterocycles. The number of likely N-dealkylation sites (N-methyl/N-ethyl adjacent to an activating group) is 1. The lowest BCUT2D eigenvalue weighted by Crippen LogP contribution is -2.49. The van der Waals surface area contributed by atoms with Crippen molar-refractivity contribution in [1.29, 1.82) is 0 Å². The molecule has 2 N–H and O–H groups in total. The van der Waals surface area contributed by atoms with Gasteiger partial charge in [0.2, 0.25) is 11.8 Å². The van der Waals surface area contributed by atoms with Crippen LogP contribution in [0.4, 0.5) is 0 Å². The fourth-order valence-corrected chi connectivity index (χ4v) is 4.36. The average Bonchev–Trinajstić information content (AvgIpc) is 3.38. The summed E-state index contributed by atoms with van der Waals surface area (Å²) in [5.74, 6) is -0.552. The van der Waals surface area contributed by atoms with Crippen LogP contribution in [0.3, 0.4) is 0 Å². The highest BCUT2D eigenvalue weighted by atomic mass is 16.3. The number of fused-ring (bicyclic) bond motifs is 1. The van der Waals surface area contributed by atoms with Gasteiger partial charge in [0.15, 0.2) is 0 Å². The van der Waals surface area contributed by atoms with E-state index in [4.69, 9.17) is 0 Å². The smallest absolute Gasteiger partial charge is 0.248 e. The van der Waals surface area contributed by atoms with Crippen LogP contribution in [0, 0.1) is 5.41 Å². The highest BCUT2D eigenvalue weighted by molar-refractivity contribution is 5.93. The zero-order valence-electron chi connectivity index (χ0n) is 18.7. The first kappa shape index (κ1) is 21.9. The maximum atomic E-state index is 13.7. The van der Waals surface area contributed by atoms with Crippen LogP contribution >= 0.6 is 0 Å². The number of carbonyl (C=O) groups excluding carboxylic acids is 2. The van der Waals surface area contributed by atoms with Crippen molar-refractivity contribution in [3.05, 3.63) is 42.7 Å². The first-order valence-corrected chi connectivity index (χ1v) is 10.7. The van der Waals surface area contributed by atoms with Crippen LogP contribution < -0.4 is 5.32 Å². The highest BCUT2D eigenvalue weighted by Gasteiger charge is 2.45. The van der Waals surface area contributed by atoms with E-state index >= 15 is 0 Å². The van der Waals surface area contributed by atoms with E-state index < -0.39 is 23.6 Å². The summed E-state index contributed by atoms with van der Waals surface area (Å²) in [4.78, 5) is 31.9. The number of aliphatic hydroxyl groups excluding tert-OH is 1.